The van der Waals surface area contributed by atoms with E-state index in [1.807, 2.05) is 19.9 Å². The SMILES string of the molecule is CN(C)CCN1CCC(CNC(=O)C(C)(C)c2ccc(Cl)c(Cl)c2)CC1. The second kappa shape index (κ2) is 9.41. The van der Waals surface area contributed by atoms with E-state index in [-0.39, 0.29) is 5.91 Å². The zero-order chi connectivity index (χ0) is 19.3. The predicted octanol–water partition coefficient (Wildman–Crippen LogP) is 3.66. The normalized spacial score (nSPS) is 16.9. The molecule has 1 fully saturated rings. The number of carbonyl (C=O) groups excluding carboxylic acids is 1. The Kier molecular flexibility index (Phi) is 7.77. The van der Waals surface area contributed by atoms with E-state index in [1.54, 1.807) is 12.1 Å². The van der Waals surface area contributed by atoms with Gasteiger partial charge in [0.2, 0.25) is 5.91 Å². The summed E-state index contributed by atoms with van der Waals surface area (Å²) < 4.78 is 0. The first-order valence-corrected chi connectivity index (χ1v) is 10.1. The Bertz CT molecular complexity index is 611. The minimum atomic E-state index is -0.638. The molecule has 0 bridgehead atoms. The van der Waals surface area contributed by atoms with Gasteiger partial charge >= 0.3 is 0 Å². The molecule has 146 valence electrons. The van der Waals surface area contributed by atoms with E-state index in [0.29, 0.717) is 16.0 Å². The van der Waals surface area contributed by atoms with Gasteiger partial charge in [0.15, 0.2) is 0 Å². The van der Waals surface area contributed by atoms with Gasteiger partial charge in [0.25, 0.3) is 0 Å². The van der Waals surface area contributed by atoms with Crippen LogP contribution >= 0.6 is 23.2 Å². The molecule has 2 rings (SSSR count). The number of amides is 1. The quantitative estimate of drug-likeness (QED) is 0.759. The fourth-order valence-corrected chi connectivity index (χ4v) is 3.53. The molecule has 0 aromatic heterocycles. The zero-order valence-electron chi connectivity index (χ0n) is 16.3. The summed E-state index contributed by atoms with van der Waals surface area (Å²) in [5, 5.41) is 4.14. The van der Waals surface area contributed by atoms with Gasteiger partial charge in [0.1, 0.15) is 0 Å². The molecule has 1 aliphatic heterocycles. The second-order valence-electron chi connectivity index (χ2n) is 8.05. The van der Waals surface area contributed by atoms with Crippen molar-refractivity contribution in [2.24, 2.45) is 5.92 Å². The summed E-state index contributed by atoms with van der Waals surface area (Å²) in [5.41, 5.74) is 0.239. The van der Waals surface area contributed by atoms with Gasteiger partial charge in [-0.15, -0.1) is 0 Å². The third-order valence-electron chi connectivity index (χ3n) is 5.33. The lowest BCUT2D eigenvalue weighted by molar-refractivity contribution is -0.125. The van der Waals surface area contributed by atoms with Crippen molar-refractivity contribution in [1.29, 1.82) is 0 Å². The van der Waals surface area contributed by atoms with E-state index in [9.17, 15) is 4.79 Å². The van der Waals surface area contributed by atoms with Gasteiger partial charge in [-0.2, -0.15) is 0 Å². The number of likely N-dealkylation sites (tertiary alicyclic amines) is 1. The topological polar surface area (TPSA) is 35.6 Å². The van der Waals surface area contributed by atoms with Crippen molar-refractivity contribution < 1.29 is 4.79 Å². The average Bonchev–Trinajstić information content (AvgIpc) is 2.60. The maximum absolute atomic E-state index is 12.7. The van der Waals surface area contributed by atoms with Gasteiger partial charge in [-0.1, -0.05) is 29.3 Å². The maximum Gasteiger partial charge on any atom is 0.230 e. The highest BCUT2D eigenvalue weighted by Crippen LogP contribution is 2.30. The minimum absolute atomic E-state index is 0.0333. The van der Waals surface area contributed by atoms with Crippen LogP contribution in [0.5, 0.6) is 0 Å². The Morgan fingerprint density at radius 3 is 2.46 bits per heavy atom. The number of halogens is 2. The Balaban J connectivity index is 1.82. The van der Waals surface area contributed by atoms with Gasteiger partial charge in [0.05, 0.1) is 15.5 Å². The maximum atomic E-state index is 12.7. The highest BCUT2D eigenvalue weighted by molar-refractivity contribution is 6.42. The molecule has 0 atom stereocenters. The van der Waals surface area contributed by atoms with Gasteiger partial charge in [-0.3, -0.25) is 4.79 Å². The van der Waals surface area contributed by atoms with E-state index < -0.39 is 5.41 Å². The van der Waals surface area contributed by atoms with Crippen LogP contribution in [0.25, 0.3) is 0 Å². The number of carbonyl (C=O) groups is 1. The van der Waals surface area contributed by atoms with Crippen LogP contribution < -0.4 is 5.32 Å². The highest BCUT2D eigenvalue weighted by Gasteiger charge is 2.31. The Morgan fingerprint density at radius 2 is 1.88 bits per heavy atom. The fraction of sp³-hybridized carbons (Fsp3) is 0.650. The number of hydrogen-bond donors (Lipinski definition) is 1. The van der Waals surface area contributed by atoms with Gasteiger partial charge in [-0.25, -0.2) is 0 Å². The number of nitrogens with one attached hydrogen (secondary N) is 1. The molecule has 1 saturated heterocycles. The van der Waals surface area contributed by atoms with Crippen LogP contribution in [0.2, 0.25) is 10.0 Å². The highest BCUT2D eigenvalue weighted by atomic mass is 35.5. The second-order valence-corrected chi connectivity index (χ2v) is 8.87. The summed E-state index contributed by atoms with van der Waals surface area (Å²) in [4.78, 5) is 17.5. The molecule has 1 N–H and O–H groups in total. The van der Waals surface area contributed by atoms with Crippen molar-refractivity contribution in [2.45, 2.75) is 32.1 Å². The summed E-state index contributed by atoms with van der Waals surface area (Å²) in [7, 11) is 4.22. The smallest absolute Gasteiger partial charge is 0.230 e. The first-order chi connectivity index (χ1) is 12.2. The molecule has 6 heteroatoms. The van der Waals surface area contributed by atoms with Crippen molar-refractivity contribution in [3.63, 3.8) is 0 Å². The van der Waals surface area contributed by atoms with Crippen LogP contribution in [0.3, 0.4) is 0 Å². The Labute approximate surface area is 167 Å². The van der Waals surface area contributed by atoms with Gasteiger partial charge < -0.3 is 15.1 Å². The molecule has 1 heterocycles. The summed E-state index contributed by atoms with van der Waals surface area (Å²) in [5.74, 6) is 0.588. The Hall–Kier alpha value is -0.810. The van der Waals surface area contributed by atoms with E-state index in [0.717, 1.165) is 51.1 Å². The molecule has 1 aromatic carbocycles. The number of rotatable bonds is 7. The van der Waals surface area contributed by atoms with Crippen molar-refractivity contribution >= 4 is 29.1 Å². The third kappa shape index (κ3) is 5.85. The molecule has 1 aromatic rings. The van der Waals surface area contributed by atoms with Crippen molar-refractivity contribution in [3.8, 4) is 0 Å². The fourth-order valence-electron chi connectivity index (χ4n) is 3.23. The van der Waals surface area contributed by atoms with Gasteiger partial charge in [-0.05, 0) is 77.5 Å². The number of piperidine rings is 1. The lowest BCUT2D eigenvalue weighted by Crippen LogP contribution is -2.45. The van der Waals surface area contributed by atoms with Crippen LogP contribution in [0.15, 0.2) is 18.2 Å². The summed E-state index contributed by atoms with van der Waals surface area (Å²) >= 11 is 12.1. The molecular formula is C20H31Cl2N3O. The van der Waals surface area contributed by atoms with Crippen molar-refractivity contribution in [3.05, 3.63) is 33.8 Å². The lowest BCUT2D eigenvalue weighted by atomic mass is 9.83. The van der Waals surface area contributed by atoms with E-state index in [1.165, 1.54) is 0 Å². The molecule has 0 saturated carbocycles. The molecule has 0 radical (unpaired) electrons. The number of hydrogen-bond acceptors (Lipinski definition) is 3. The zero-order valence-corrected chi connectivity index (χ0v) is 17.8. The molecule has 0 unspecified atom stereocenters. The summed E-state index contributed by atoms with van der Waals surface area (Å²) in [6, 6.07) is 5.40. The molecule has 0 aliphatic carbocycles. The molecule has 26 heavy (non-hydrogen) atoms. The monoisotopic (exact) mass is 399 g/mol. The number of benzene rings is 1. The van der Waals surface area contributed by atoms with Crippen LogP contribution in [-0.4, -0.2) is 62.5 Å². The van der Waals surface area contributed by atoms with E-state index in [4.69, 9.17) is 23.2 Å². The van der Waals surface area contributed by atoms with Crippen LogP contribution in [-0.2, 0) is 10.2 Å². The van der Waals surface area contributed by atoms with Crippen LogP contribution in [0.1, 0.15) is 32.3 Å². The summed E-state index contributed by atoms with van der Waals surface area (Å²) in [6.07, 6.45) is 2.28. The van der Waals surface area contributed by atoms with Crippen molar-refractivity contribution in [2.75, 3.05) is 46.8 Å². The standard InChI is InChI=1S/C20H31Cl2N3O/c1-20(2,16-5-6-17(21)18(22)13-16)19(26)23-14-15-7-9-25(10-8-15)12-11-24(3)4/h5-6,13,15H,7-12,14H2,1-4H3,(H,23,26). The van der Waals surface area contributed by atoms with Crippen LogP contribution in [0.4, 0.5) is 0 Å². The first kappa shape index (κ1) is 21.5. The minimum Gasteiger partial charge on any atom is -0.355 e. The molecule has 1 amide bonds. The van der Waals surface area contributed by atoms with Crippen LogP contribution in [0, 0.1) is 5.92 Å². The molecule has 0 spiro atoms. The van der Waals surface area contributed by atoms with Crippen molar-refractivity contribution in [1.82, 2.24) is 15.1 Å². The lowest BCUT2D eigenvalue weighted by Gasteiger charge is -2.33. The number of nitrogens with zero attached hydrogens (tertiary/aromatic N) is 2. The Morgan fingerprint density at radius 1 is 1.23 bits per heavy atom. The molecule has 4 nitrogen and oxygen atoms in total. The summed E-state index contributed by atoms with van der Waals surface area (Å²) in [6.45, 7) is 9.04. The average molecular weight is 400 g/mol. The van der Waals surface area contributed by atoms with Gasteiger partial charge in [0, 0.05) is 19.6 Å². The third-order valence-corrected chi connectivity index (χ3v) is 6.07. The number of likely N-dealkylation sites (N-methyl/N-ethyl adjacent to an activating group) is 1. The molecular weight excluding hydrogens is 369 g/mol. The first-order valence-electron chi connectivity index (χ1n) is 9.31. The van der Waals surface area contributed by atoms with E-state index in [2.05, 4.69) is 29.2 Å². The molecule has 1 aliphatic rings. The largest absolute Gasteiger partial charge is 0.355 e. The predicted molar refractivity (Wildman–Crippen MR) is 110 cm³/mol. The van der Waals surface area contributed by atoms with E-state index >= 15 is 0 Å².